The average molecular weight is 330 g/mol. The summed E-state index contributed by atoms with van der Waals surface area (Å²) in [5, 5.41) is 10.4. The van der Waals surface area contributed by atoms with Gasteiger partial charge in [-0.2, -0.15) is 0 Å². The Morgan fingerprint density at radius 1 is 1.21 bits per heavy atom. The number of nitrogens with zero attached hydrogens (tertiary/aromatic N) is 1. The number of aliphatic hydroxyl groups excluding tert-OH is 1. The van der Waals surface area contributed by atoms with Gasteiger partial charge in [-0.05, 0) is 63.0 Å². The van der Waals surface area contributed by atoms with Crippen LogP contribution in [0.1, 0.15) is 66.6 Å². The van der Waals surface area contributed by atoms with Gasteiger partial charge in [0.15, 0.2) is 0 Å². The molecule has 1 amide bonds. The number of pyridine rings is 1. The highest BCUT2D eigenvalue weighted by Gasteiger charge is 2.45. The summed E-state index contributed by atoms with van der Waals surface area (Å²) >= 11 is 0. The standard InChI is InChI=1S/C19H26N2O3/c22-16-7-3-8-19(16)9-4-10-21(12-19)18(24)14-11-13-5-1-2-6-15(13)20-17(14)23/h11,16,22H,1-10,12H2,(H,20,23)/t16-,19+/m1/s1. The van der Waals surface area contributed by atoms with E-state index in [9.17, 15) is 14.7 Å². The highest BCUT2D eigenvalue weighted by molar-refractivity contribution is 5.94. The Morgan fingerprint density at radius 3 is 2.79 bits per heavy atom. The van der Waals surface area contributed by atoms with E-state index in [4.69, 9.17) is 0 Å². The highest BCUT2D eigenvalue weighted by atomic mass is 16.3. The lowest BCUT2D eigenvalue weighted by atomic mass is 9.76. The van der Waals surface area contributed by atoms with E-state index in [1.807, 2.05) is 6.07 Å². The summed E-state index contributed by atoms with van der Waals surface area (Å²) in [6.07, 6.45) is 8.49. The molecule has 1 saturated heterocycles. The van der Waals surface area contributed by atoms with Crippen LogP contribution in [0.2, 0.25) is 0 Å². The highest BCUT2D eigenvalue weighted by Crippen LogP contribution is 2.45. The first-order valence-electron chi connectivity index (χ1n) is 9.31. The third kappa shape index (κ3) is 2.59. The van der Waals surface area contributed by atoms with E-state index in [1.54, 1.807) is 4.90 Å². The summed E-state index contributed by atoms with van der Waals surface area (Å²) in [6.45, 7) is 1.27. The second-order valence-electron chi connectivity index (χ2n) is 7.82. The van der Waals surface area contributed by atoms with Crippen LogP contribution in [0.25, 0.3) is 0 Å². The van der Waals surface area contributed by atoms with Crippen molar-refractivity contribution in [2.24, 2.45) is 5.41 Å². The summed E-state index contributed by atoms with van der Waals surface area (Å²) in [5.74, 6) is -0.164. The Labute approximate surface area is 142 Å². The number of likely N-dealkylation sites (tertiary alicyclic amines) is 1. The van der Waals surface area contributed by atoms with Crippen LogP contribution < -0.4 is 5.56 Å². The number of aryl methyl sites for hydroxylation is 2. The van der Waals surface area contributed by atoms with E-state index >= 15 is 0 Å². The van der Waals surface area contributed by atoms with Crippen LogP contribution >= 0.6 is 0 Å². The summed E-state index contributed by atoms with van der Waals surface area (Å²) < 4.78 is 0. The fourth-order valence-electron chi connectivity index (χ4n) is 4.93. The maximum atomic E-state index is 13.0. The van der Waals surface area contributed by atoms with E-state index in [0.29, 0.717) is 13.1 Å². The molecule has 24 heavy (non-hydrogen) atoms. The number of carbonyl (C=O) groups excluding carboxylic acids is 1. The van der Waals surface area contributed by atoms with Gasteiger partial charge in [0.25, 0.3) is 11.5 Å². The molecular formula is C19H26N2O3. The van der Waals surface area contributed by atoms with Crippen LogP contribution in [-0.4, -0.2) is 40.1 Å². The SMILES string of the molecule is O=C(c1cc2c([nH]c1=O)CCCC2)N1CCC[C@@]2(CCC[C@H]2O)C1. The van der Waals surface area contributed by atoms with E-state index < -0.39 is 0 Å². The average Bonchev–Trinajstić information content (AvgIpc) is 2.93. The molecule has 2 aliphatic carbocycles. The Kier molecular flexibility index (Phi) is 3.99. The van der Waals surface area contributed by atoms with Crippen molar-refractivity contribution >= 4 is 5.91 Å². The quantitative estimate of drug-likeness (QED) is 0.827. The van der Waals surface area contributed by atoms with Crippen molar-refractivity contribution in [1.82, 2.24) is 9.88 Å². The summed E-state index contributed by atoms with van der Waals surface area (Å²) in [4.78, 5) is 30.1. The molecule has 3 aliphatic rings. The van der Waals surface area contributed by atoms with Crippen molar-refractivity contribution in [2.45, 2.75) is 63.9 Å². The monoisotopic (exact) mass is 330 g/mol. The van der Waals surface area contributed by atoms with E-state index in [1.165, 1.54) is 0 Å². The largest absolute Gasteiger partial charge is 0.392 e. The minimum atomic E-state index is -0.310. The van der Waals surface area contributed by atoms with E-state index in [-0.39, 0.29) is 28.5 Å². The van der Waals surface area contributed by atoms with Gasteiger partial charge >= 0.3 is 0 Å². The number of fused-ring (bicyclic) bond motifs is 1. The van der Waals surface area contributed by atoms with Crippen LogP contribution in [0.5, 0.6) is 0 Å². The van der Waals surface area contributed by atoms with E-state index in [0.717, 1.165) is 69.0 Å². The minimum absolute atomic E-state index is 0.144. The van der Waals surface area contributed by atoms with Crippen molar-refractivity contribution in [2.75, 3.05) is 13.1 Å². The van der Waals surface area contributed by atoms with Gasteiger partial charge < -0.3 is 15.0 Å². The molecule has 2 fully saturated rings. The number of piperidine rings is 1. The molecule has 0 aromatic carbocycles. The predicted molar refractivity (Wildman–Crippen MR) is 91.1 cm³/mol. The molecule has 130 valence electrons. The number of nitrogens with one attached hydrogen (secondary N) is 1. The number of carbonyl (C=O) groups is 1. The molecule has 2 atom stereocenters. The molecule has 2 heterocycles. The van der Waals surface area contributed by atoms with Gasteiger partial charge in [0, 0.05) is 24.2 Å². The predicted octanol–water partition coefficient (Wildman–Crippen LogP) is 2.02. The molecule has 0 radical (unpaired) electrons. The maximum Gasteiger partial charge on any atom is 0.261 e. The summed E-state index contributed by atoms with van der Waals surface area (Å²) in [5.41, 5.74) is 2.00. The van der Waals surface area contributed by atoms with Crippen molar-refractivity contribution in [1.29, 1.82) is 0 Å². The number of H-pyrrole nitrogens is 1. The van der Waals surface area contributed by atoms with Gasteiger partial charge in [-0.15, -0.1) is 0 Å². The smallest absolute Gasteiger partial charge is 0.261 e. The Bertz CT molecular complexity index is 711. The van der Waals surface area contributed by atoms with E-state index in [2.05, 4.69) is 4.98 Å². The lowest BCUT2D eigenvalue weighted by Gasteiger charge is -2.42. The first kappa shape index (κ1) is 15.9. The number of aromatic nitrogens is 1. The Morgan fingerprint density at radius 2 is 2.00 bits per heavy atom. The Hall–Kier alpha value is -1.62. The zero-order chi connectivity index (χ0) is 16.7. The Balaban J connectivity index is 1.60. The van der Waals surface area contributed by atoms with Crippen LogP contribution in [-0.2, 0) is 12.8 Å². The van der Waals surface area contributed by atoms with Crippen molar-refractivity contribution in [3.63, 3.8) is 0 Å². The van der Waals surface area contributed by atoms with Gasteiger partial charge in [-0.3, -0.25) is 9.59 Å². The second-order valence-corrected chi connectivity index (χ2v) is 7.82. The molecule has 5 heteroatoms. The maximum absolute atomic E-state index is 13.0. The van der Waals surface area contributed by atoms with Gasteiger partial charge in [-0.25, -0.2) is 0 Å². The first-order chi connectivity index (χ1) is 11.6. The zero-order valence-corrected chi connectivity index (χ0v) is 14.1. The van der Waals surface area contributed by atoms with Gasteiger partial charge in [0.1, 0.15) is 5.56 Å². The fraction of sp³-hybridized carbons (Fsp3) is 0.684. The van der Waals surface area contributed by atoms with Crippen molar-refractivity contribution < 1.29 is 9.90 Å². The first-order valence-corrected chi connectivity index (χ1v) is 9.31. The molecule has 4 rings (SSSR count). The molecule has 0 unspecified atom stereocenters. The number of aliphatic hydroxyl groups is 1. The number of aromatic amines is 1. The molecule has 1 aliphatic heterocycles. The number of hydrogen-bond donors (Lipinski definition) is 2. The van der Waals surface area contributed by atoms with Crippen molar-refractivity contribution in [3.05, 3.63) is 33.2 Å². The second kappa shape index (κ2) is 6.03. The molecule has 0 bridgehead atoms. The van der Waals surface area contributed by atoms with Gasteiger partial charge in [0.2, 0.25) is 0 Å². The van der Waals surface area contributed by atoms with Crippen LogP contribution in [0.4, 0.5) is 0 Å². The van der Waals surface area contributed by atoms with Crippen molar-refractivity contribution in [3.8, 4) is 0 Å². The molecular weight excluding hydrogens is 304 g/mol. The molecule has 1 spiro atoms. The number of rotatable bonds is 1. The van der Waals surface area contributed by atoms with Gasteiger partial charge in [0.05, 0.1) is 6.10 Å². The summed E-state index contributed by atoms with van der Waals surface area (Å²) in [7, 11) is 0. The summed E-state index contributed by atoms with van der Waals surface area (Å²) in [6, 6.07) is 1.82. The molecule has 1 aromatic heterocycles. The zero-order valence-electron chi connectivity index (χ0n) is 14.1. The number of hydrogen-bond acceptors (Lipinski definition) is 3. The number of amides is 1. The van der Waals surface area contributed by atoms with Crippen LogP contribution in [0.3, 0.4) is 0 Å². The molecule has 1 saturated carbocycles. The topological polar surface area (TPSA) is 73.4 Å². The van der Waals surface area contributed by atoms with Crippen LogP contribution in [0, 0.1) is 5.41 Å². The fourth-order valence-corrected chi connectivity index (χ4v) is 4.93. The molecule has 5 nitrogen and oxygen atoms in total. The lowest BCUT2D eigenvalue weighted by Crippen LogP contribution is -2.50. The molecule has 1 aromatic rings. The van der Waals surface area contributed by atoms with Gasteiger partial charge in [-0.1, -0.05) is 6.42 Å². The normalized spacial score (nSPS) is 29.7. The van der Waals surface area contributed by atoms with Crippen LogP contribution in [0.15, 0.2) is 10.9 Å². The molecule has 2 N–H and O–H groups in total. The third-order valence-corrected chi connectivity index (χ3v) is 6.32. The minimum Gasteiger partial charge on any atom is -0.392 e. The lowest BCUT2D eigenvalue weighted by molar-refractivity contribution is -0.00542. The third-order valence-electron chi connectivity index (χ3n) is 6.32.